The lowest BCUT2D eigenvalue weighted by atomic mass is 10.2. The Kier molecular flexibility index (Phi) is 3.56. The van der Waals surface area contributed by atoms with Gasteiger partial charge in [-0.2, -0.15) is 18.3 Å². The van der Waals surface area contributed by atoms with Crippen molar-refractivity contribution < 1.29 is 18.0 Å². The van der Waals surface area contributed by atoms with Crippen LogP contribution in [-0.4, -0.2) is 16.1 Å². The smallest absolute Gasteiger partial charge is 0.298 e. The van der Waals surface area contributed by atoms with Crippen LogP contribution >= 0.6 is 23.2 Å². The number of alkyl halides is 3. The van der Waals surface area contributed by atoms with E-state index in [0.717, 1.165) is 10.9 Å². The molecule has 1 aromatic heterocycles. The number of halogens is 5. The molecule has 0 fully saturated rings. The zero-order valence-electron chi connectivity index (χ0n) is 9.08. The molecule has 2 aromatic rings. The van der Waals surface area contributed by atoms with Crippen molar-refractivity contribution in [1.82, 2.24) is 9.78 Å². The lowest BCUT2D eigenvalue weighted by molar-refractivity contribution is -0.141. The summed E-state index contributed by atoms with van der Waals surface area (Å²) in [4.78, 5) is 10.6. The molecule has 0 aliphatic heterocycles. The molecule has 0 saturated heterocycles. The van der Waals surface area contributed by atoms with Gasteiger partial charge in [-0.3, -0.25) is 4.79 Å². The number of carbonyl (C=O) groups excluding carboxylic acids is 1. The second-order valence-corrected chi connectivity index (χ2v) is 4.41. The van der Waals surface area contributed by atoms with Crippen molar-refractivity contribution >= 4 is 29.5 Å². The molecule has 1 aromatic carbocycles. The van der Waals surface area contributed by atoms with Crippen molar-refractivity contribution in [3.8, 4) is 5.69 Å². The Morgan fingerprint density at radius 1 is 1.21 bits per heavy atom. The van der Waals surface area contributed by atoms with Crippen molar-refractivity contribution in [3.05, 3.63) is 45.7 Å². The van der Waals surface area contributed by atoms with E-state index >= 15 is 0 Å². The molecule has 0 bridgehead atoms. The predicted molar refractivity (Wildman–Crippen MR) is 64.0 cm³/mol. The fraction of sp³-hybridized carbons (Fsp3) is 0.0909. The first-order valence-corrected chi connectivity index (χ1v) is 5.66. The fourth-order valence-corrected chi connectivity index (χ4v) is 1.75. The molecule has 8 heteroatoms. The largest absolute Gasteiger partial charge is 0.435 e. The fourth-order valence-electron chi connectivity index (χ4n) is 1.45. The Labute approximate surface area is 115 Å². The quantitative estimate of drug-likeness (QED) is 0.786. The van der Waals surface area contributed by atoms with Gasteiger partial charge in [0.2, 0.25) is 0 Å². The lowest BCUT2D eigenvalue weighted by Gasteiger charge is -2.04. The first kappa shape index (κ1) is 13.9. The van der Waals surface area contributed by atoms with Crippen molar-refractivity contribution in [1.29, 1.82) is 0 Å². The molecule has 0 N–H and O–H groups in total. The average molecular weight is 309 g/mol. The van der Waals surface area contributed by atoms with Crippen LogP contribution in [-0.2, 0) is 6.18 Å². The Hall–Kier alpha value is -1.53. The summed E-state index contributed by atoms with van der Waals surface area (Å²) in [5.41, 5.74) is -1.51. The molecule has 0 aliphatic rings. The maximum absolute atomic E-state index is 12.6. The van der Waals surface area contributed by atoms with Crippen LogP contribution < -0.4 is 0 Å². The minimum Gasteiger partial charge on any atom is -0.298 e. The highest BCUT2D eigenvalue weighted by Crippen LogP contribution is 2.31. The summed E-state index contributed by atoms with van der Waals surface area (Å²) < 4.78 is 38.8. The average Bonchev–Trinajstić information content (AvgIpc) is 2.76. The van der Waals surface area contributed by atoms with Gasteiger partial charge in [0.1, 0.15) is 0 Å². The minimum atomic E-state index is -4.70. The van der Waals surface area contributed by atoms with Crippen molar-refractivity contribution in [3.63, 3.8) is 0 Å². The van der Waals surface area contributed by atoms with E-state index in [1.165, 1.54) is 18.2 Å². The maximum atomic E-state index is 12.6. The molecule has 0 radical (unpaired) electrons. The molecule has 19 heavy (non-hydrogen) atoms. The topological polar surface area (TPSA) is 34.9 Å². The number of rotatable bonds is 2. The SMILES string of the molecule is O=Cc1cn(-c2ccc(Cl)c(Cl)c2)nc1C(F)(F)F. The van der Waals surface area contributed by atoms with Gasteiger partial charge in [-0.05, 0) is 18.2 Å². The molecule has 0 amide bonds. The third-order valence-electron chi connectivity index (χ3n) is 2.31. The second kappa shape index (κ2) is 4.86. The highest BCUT2D eigenvalue weighted by molar-refractivity contribution is 6.42. The molecular weight excluding hydrogens is 304 g/mol. The van der Waals surface area contributed by atoms with Crippen LogP contribution in [0.1, 0.15) is 16.1 Å². The van der Waals surface area contributed by atoms with Gasteiger partial charge in [0.25, 0.3) is 0 Å². The van der Waals surface area contributed by atoms with Crippen LogP contribution in [0.4, 0.5) is 13.2 Å². The Morgan fingerprint density at radius 2 is 1.89 bits per heavy atom. The first-order valence-electron chi connectivity index (χ1n) is 4.90. The van der Waals surface area contributed by atoms with Crippen molar-refractivity contribution in [2.45, 2.75) is 6.18 Å². The molecule has 1 heterocycles. The van der Waals surface area contributed by atoms with E-state index in [1.807, 2.05) is 0 Å². The first-order chi connectivity index (χ1) is 8.82. The molecule has 2 rings (SSSR count). The van der Waals surface area contributed by atoms with E-state index in [-0.39, 0.29) is 22.0 Å². The molecule has 0 unspecified atom stereocenters. The van der Waals surface area contributed by atoms with E-state index in [9.17, 15) is 18.0 Å². The van der Waals surface area contributed by atoms with Gasteiger partial charge in [-0.25, -0.2) is 4.68 Å². The Balaban J connectivity index is 2.54. The maximum Gasteiger partial charge on any atom is 0.435 e. The molecule has 0 spiro atoms. The third kappa shape index (κ3) is 2.74. The molecule has 0 atom stereocenters. The van der Waals surface area contributed by atoms with Crippen LogP contribution in [0.3, 0.4) is 0 Å². The van der Waals surface area contributed by atoms with Crippen LogP contribution in [0.5, 0.6) is 0 Å². The summed E-state index contributed by atoms with van der Waals surface area (Å²) in [5.74, 6) is 0. The summed E-state index contributed by atoms with van der Waals surface area (Å²) in [6, 6.07) is 4.22. The van der Waals surface area contributed by atoms with Gasteiger partial charge in [0.15, 0.2) is 12.0 Å². The van der Waals surface area contributed by atoms with Crippen LogP contribution in [0.15, 0.2) is 24.4 Å². The number of aldehydes is 1. The lowest BCUT2D eigenvalue weighted by Crippen LogP contribution is -2.09. The Morgan fingerprint density at radius 3 is 2.37 bits per heavy atom. The van der Waals surface area contributed by atoms with Crippen molar-refractivity contribution in [2.75, 3.05) is 0 Å². The predicted octanol–water partition coefficient (Wildman–Crippen LogP) is 4.01. The summed E-state index contributed by atoms with van der Waals surface area (Å²) >= 11 is 11.5. The van der Waals surface area contributed by atoms with Crippen LogP contribution in [0.2, 0.25) is 10.0 Å². The summed E-state index contributed by atoms with van der Waals surface area (Å²) in [6.45, 7) is 0. The van der Waals surface area contributed by atoms with E-state index in [4.69, 9.17) is 23.2 Å². The van der Waals surface area contributed by atoms with Gasteiger partial charge in [0, 0.05) is 6.20 Å². The number of carbonyl (C=O) groups is 1. The normalized spacial score (nSPS) is 11.6. The third-order valence-corrected chi connectivity index (χ3v) is 3.04. The molecule has 3 nitrogen and oxygen atoms in total. The van der Waals surface area contributed by atoms with Gasteiger partial charge in [-0.15, -0.1) is 0 Å². The van der Waals surface area contributed by atoms with Crippen LogP contribution in [0.25, 0.3) is 5.69 Å². The van der Waals surface area contributed by atoms with Gasteiger partial charge >= 0.3 is 6.18 Å². The van der Waals surface area contributed by atoms with Gasteiger partial charge in [0.05, 0.1) is 21.3 Å². The number of nitrogens with zero attached hydrogens (tertiary/aromatic N) is 2. The molecule has 100 valence electrons. The standard InChI is InChI=1S/C11H5Cl2F3N2O/c12-8-2-1-7(3-9(8)13)18-4-6(5-19)10(17-18)11(14,15)16/h1-5H. The van der Waals surface area contributed by atoms with Crippen molar-refractivity contribution in [2.24, 2.45) is 0 Å². The molecule has 0 aliphatic carbocycles. The molecular formula is C11H5Cl2F3N2O. The van der Waals surface area contributed by atoms with Gasteiger partial charge in [-0.1, -0.05) is 23.2 Å². The number of hydrogen-bond acceptors (Lipinski definition) is 2. The second-order valence-electron chi connectivity index (χ2n) is 3.59. The number of benzene rings is 1. The van der Waals surface area contributed by atoms with E-state index in [0.29, 0.717) is 0 Å². The van der Waals surface area contributed by atoms with Gasteiger partial charge < -0.3 is 0 Å². The highest BCUT2D eigenvalue weighted by Gasteiger charge is 2.37. The van der Waals surface area contributed by atoms with E-state index in [1.54, 1.807) is 0 Å². The number of hydrogen-bond donors (Lipinski definition) is 0. The van der Waals surface area contributed by atoms with E-state index in [2.05, 4.69) is 5.10 Å². The summed E-state index contributed by atoms with van der Waals surface area (Å²) in [7, 11) is 0. The minimum absolute atomic E-state index is 0.101. The Bertz CT molecular complexity index is 637. The summed E-state index contributed by atoms with van der Waals surface area (Å²) in [6.07, 6.45) is -3.61. The zero-order chi connectivity index (χ0) is 14.2. The van der Waals surface area contributed by atoms with E-state index < -0.39 is 17.4 Å². The summed E-state index contributed by atoms with van der Waals surface area (Å²) in [5, 5.41) is 3.80. The number of aromatic nitrogens is 2. The van der Waals surface area contributed by atoms with Crippen LogP contribution in [0, 0.1) is 0 Å². The molecule has 0 saturated carbocycles. The highest BCUT2D eigenvalue weighted by atomic mass is 35.5. The monoisotopic (exact) mass is 308 g/mol. The zero-order valence-corrected chi connectivity index (χ0v) is 10.6.